The Bertz CT molecular complexity index is 248. The molecule has 1 fully saturated rings. The van der Waals surface area contributed by atoms with Gasteiger partial charge < -0.3 is 30.1 Å². The third-order valence-corrected chi connectivity index (χ3v) is 2.64. The molecule has 1 aliphatic heterocycles. The van der Waals surface area contributed by atoms with Gasteiger partial charge in [-0.2, -0.15) is 0 Å². The summed E-state index contributed by atoms with van der Waals surface area (Å²) in [7, 11) is 1.20. The van der Waals surface area contributed by atoms with Crippen molar-refractivity contribution in [2.45, 2.75) is 37.4 Å². The van der Waals surface area contributed by atoms with Crippen LogP contribution in [0.2, 0.25) is 0 Å². The van der Waals surface area contributed by atoms with Crippen molar-refractivity contribution in [3.63, 3.8) is 0 Å². The molecule has 0 spiro atoms. The molecule has 0 aromatic rings. The predicted molar refractivity (Wildman–Crippen MR) is 52.8 cm³/mol. The number of aliphatic hydroxyl groups is 3. The van der Waals surface area contributed by atoms with Crippen LogP contribution in [0.5, 0.6) is 0 Å². The summed E-state index contributed by atoms with van der Waals surface area (Å²) in [6.45, 7) is 1.23. The fourth-order valence-corrected chi connectivity index (χ4v) is 1.70. The lowest BCUT2D eigenvalue weighted by atomic mass is 9.94. The zero-order chi connectivity index (χ0) is 12.3. The third kappa shape index (κ3) is 2.62. The van der Waals surface area contributed by atoms with Crippen LogP contribution in [0.15, 0.2) is 0 Å². The predicted octanol–water partition coefficient (Wildman–Crippen LogP) is -1.79. The molecular weight excluding hydrogens is 218 g/mol. The Morgan fingerprint density at radius 2 is 2.06 bits per heavy atom. The van der Waals surface area contributed by atoms with Crippen molar-refractivity contribution in [3.05, 3.63) is 0 Å². The fraction of sp³-hybridized carbons (Fsp3) is 0.889. The van der Waals surface area contributed by atoms with Gasteiger partial charge in [-0.1, -0.05) is 0 Å². The van der Waals surface area contributed by atoms with E-state index in [1.54, 1.807) is 6.92 Å². The minimum absolute atomic E-state index is 0.395. The van der Waals surface area contributed by atoms with Gasteiger partial charge in [0, 0.05) is 0 Å². The van der Waals surface area contributed by atoms with E-state index < -0.39 is 43.2 Å². The van der Waals surface area contributed by atoms with E-state index in [2.05, 4.69) is 10.1 Å². The molecule has 1 heterocycles. The summed E-state index contributed by atoms with van der Waals surface area (Å²) >= 11 is 0. The summed E-state index contributed by atoms with van der Waals surface area (Å²) in [5, 5.41) is 30.6. The van der Waals surface area contributed by atoms with Gasteiger partial charge in [0.15, 0.2) is 0 Å². The first kappa shape index (κ1) is 13.2. The number of carbonyl (C=O) groups excluding carboxylic acids is 1. The molecule has 1 saturated heterocycles. The Kier molecular flexibility index (Phi) is 4.48. The highest BCUT2D eigenvalue weighted by molar-refractivity contribution is 5.67. The maximum absolute atomic E-state index is 11.0. The topological polar surface area (TPSA) is 108 Å². The van der Waals surface area contributed by atoms with Gasteiger partial charge in [0.25, 0.3) is 0 Å². The van der Waals surface area contributed by atoms with Crippen LogP contribution in [-0.2, 0) is 9.47 Å². The Morgan fingerprint density at radius 3 is 2.56 bits per heavy atom. The molecule has 0 aromatic carbocycles. The second-order valence-electron chi connectivity index (χ2n) is 3.71. The first-order valence-electron chi connectivity index (χ1n) is 4.98. The molecule has 0 aromatic heterocycles. The van der Waals surface area contributed by atoms with Crippen molar-refractivity contribution in [2.24, 2.45) is 0 Å². The zero-order valence-electron chi connectivity index (χ0n) is 9.16. The van der Waals surface area contributed by atoms with E-state index in [1.165, 1.54) is 7.11 Å². The number of aliphatic hydroxyl groups excluding tert-OH is 3. The van der Waals surface area contributed by atoms with Gasteiger partial charge in [-0.25, -0.2) is 4.79 Å². The number of alkyl carbamates (subject to hydrolysis) is 1. The van der Waals surface area contributed by atoms with Crippen LogP contribution < -0.4 is 5.32 Å². The summed E-state index contributed by atoms with van der Waals surface area (Å²) in [6, 6.07) is -0.773. The number of nitrogens with one attached hydrogen (secondary N) is 1. The fourth-order valence-electron chi connectivity index (χ4n) is 1.70. The summed E-state index contributed by atoms with van der Waals surface area (Å²) in [5.41, 5.74) is 0. The second-order valence-corrected chi connectivity index (χ2v) is 3.71. The van der Waals surface area contributed by atoms with E-state index in [-0.39, 0.29) is 0 Å². The van der Waals surface area contributed by atoms with E-state index in [9.17, 15) is 15.0 Å². The minimum atomic E-state index is -1.25. The van der Waals surface area contributed by atoms with Crippen molar-refractivity contribution in [2.75, 3.05) is 13.7 Å². The molecule has 4 N–H and O–H groups in total. The van der Waals surface area contributed by atoms with Crippen LogP contribution in [0.4, 0.5) is 4.79 Å². The quantitative estimate of drug-likeness (QED) is 0.450. The van der Waals surface area contributed by atoms with Crippen molar-refractivity contribution in [1.29, 1.82) is 0 Å². The second kappa shape index (κ2) is 5.44. The Balaban J connectivity index is 2.67. The SMILES string of the molecule is COC(=O)N[C@H]1C(C)O[C@H](CO)[C@@H](O)[C@@H]1O. The van der Waals surface area contributed by atoms with Crippen molar-refractivity contribution in [3.8, 4) is 0 Å². The standard InChI is InChI=1S/C9H17NO6/c1-4-6(10-9(14)15-2)8(13)7(12)5(3-11)16-4/h4-8,11-13H,3H2,1-2H3,(H,10,14)/t4?,5-,6+,7-,8-/m1/s1. The van der Waals surface area contributed by atoms with Gasteiger partial charge >= 0.3 is 6.09 Å². The van der Waals surface area contributed by atoms with E-state index >= 15 is 0 Å². The summed E-state index contributed by atoms with van der Waals surface area (Å²) in [6.07, 6.45) is -4.55. The summed E-state index contributed by atoms with van der Waals surface area (Å²) in [4.78, 5) is 11.0. The van der Waals surface area contributed by atoms with Crippen LogP contribution in [-0.4, -0.2) is 65.6 Å². The molecule has 1 unspecified atom stereocenters. The number of ether oxygens (including phenoxy) is 2. The van der Waals surface area contributed by atoms with Gasteiger partial charge in [-0.3, -0.25) is 0 Å². The highest BCUT2D eigenvalue weighted by Gasteiger charge is 2.43. The maximum atomic E-state index is 11.0. The molecule has 94 valence electrons. The Morgan fingerprint density at radius 1 is 1.44 bits per heavy atom. The average molecular weight is 235 g/mol. The molecular formula is C9H17NO6. The lowest BCUT2D eigenvalue weighted by Gasteiger charge is -2.41. The van der Waals surface area contributed by atoms with Crippen molar-refractivity contribution < 1.29 is 29.6 Å². The molecule has 5 atom stereocenters. The van der Waals surface area contributed by atoms with Crippen molar-refractivity contribution >= 4 is 6.09 Å². The number of carbonyl (C=O) groups is 1. The van der Waals surface area contributed by atoms with Crippen LogP contribution in [0.3, 0.4) is 0 Å². The summed E-state index contributed by atoms with van der Waals surface area (Å²) in [5.74, 6) is 0. The number of hydrogen-bond donors (Lipinski definition) is 4. The van der Waals surface area contributed by atoms with Crippen molar-refractivity contribution in [1.82, 2.24) is 5.32 Å². The minimum Gasteiger partial charge on any atom is -0.453 e. The summed E-state index contributed by atoms with van der Waals surface area (Å²) < 4.78 is 9.64. The third-order valence-electron chi connectivity index (χ3n) is 2.64. The molecule has 7 heteroatoms. The van der Waals surface area contributed by atoms with E-state index in [0.717, 1.165) is 0 Å². The monoisotopic (exact) mass is 235 g/mol. The normalized spacial score (nSPS) is 39.2. The molecule has 16 heavy (non-hydrogen) atoms. The average Bonchev–Trinajstić information content (AvgIpc) is 2.28. The highest BCUT2D eigenvalue weighted by atomic mass is 16.5. The molecule has 0 saturated carbocycles. The van der Waals surface area contributed by atoms with Crippen LogP contribution in [0, 0.1) is 0 Å². The Labute approximate surface area is 93.0 Å². The molecule has 0 aliphatic carbocycles. The van der Waals surface area contributed by atoms with E-state index in [0.29, 0.717) is 0 Å². The molecule has 1 amide bonds. The zero-order valence-corrected chi connectivity index (χ0v) is 9.16. The lowest BCUT2D eigenvalue weighted by Crippen LogP contribution is -2.63. The Hall–Kier alpha value is -0.890. The van der Waals surface area contributed by atoms with Gasteiger partial charge in [-0.15, -0.1) is 0 Å². The first-order valence-corrected chi connectivity index (χ1v) is 4.98. The van der Waals surface area contributed by atoms with E-state index in [4.69, 9.17) is 9.84 Å². The number of amides is 1. The lowest BCUT2D eigenvalue weighted by molar-refractivity contribution is -0.188. The molecule has 1 rings (SSSR count). The van der Waals surface area contributed by atoms with E-state index in [1.807, 2.05) is 0 Å². The smallest absolute Gasteiger partial charge is 0.407 e. The van der Waals surface area contributed by atoms with Gasteiger partial charge in [0.05, 0.1) is 25.9 Å². The largest absolute Gasteiger partial charge is 0.453 e. The van der Waals surface area contributed by atoms with Gasteiger partial charge in [0.1, 0.15) is 18.3 Å². The molecule has 0 bridgehead atoms. The van der Waals surface area contributed by atoms with Gasteiger partial charge in [-0.05, 0) is 6.92 Å². The number of methoxy groups -OCH3 is 1. The highest BCUT2D eigenvalue weighted by Crippen LogP contribution is 2.20. The van der Waals surface area contributed by atoms with Gasteiger partial charge in [0.2, 0.25) is 0 Å². The molecule has 7 nitrogen and oxygen atoms in total. The first-order chi connectivity index (χ1) is 7.51. The van der Waals surface area contributed by atoms with Crippen LogP contribution in [0.25, 0.3) is 0 Å². The van der Waals surface area contributed by atoms with Crippen LogP contribution in [0.1, 0.15) is 6.92 Å². The van der Waals surface area contributed by atoms with Crippen LogP contribution >= 0.6 is 0 Å². The maximum Gasteiger partial charge on any atom is 0.407 e. The number of hydrogen-bond acceptors (Lipinski definition) is 6. The number of rotatable bonds is 2. The molecule has 1 aliphatic rings. The molecule has 0 radical (unpaired) electrons.